The van der Waals surface area contributed by atoms with Crippen molar-refractivity contribution in [3.8, 4) is 0 Å². The molecule has 0 bridgehead atoms. The lowest BCUT2D eigenvalue weighted by molar-refractivity contribution is -0.153. The van der Waals surface area contributed by atoms with Gasteiger partial charge in [-0.15, -0.1) is 0 Å². The second-order valence-electron chi connectivity index (χ2n) is 6.24. The Hall–Kier alpha value is -2.60. The summed E-state index contributed by atoms with van der Waals surface area (Å²) in [5.41, 5.74) is 6.59. The first kappa shape index (κ1) is 18.7. The second-order valence-corrected chi connectivity index (χ2v) is 6.24. The summed E-state index contributed by atoms with van der Waals surface area (Å²) in [6.07, 6.45) is 0.0690. The third kappa shape index (κ3) is 5.46. The highest BCUT2D eigenvalue weighted by molar-refractivity contribution is 6.02. The predicted octanol–water partition coefficient (Wildman–Crippen LogP) is 2.99. The average Bonchev–Trinajstić information content (AvgIpc) is 3.01. The number of benzene rings is 1. The number of carbonyl (C=O) groups excluding carboxylic acids is 2. The van der Waals surface area contributed by atoms with E-state index in [0.717, 1.165) is 0 Å². The van der Waals surface area contributed by atoms with E-state index in [1.165, 1.54) is 0 Å². The van der Waals surface area contributed by atoms with Crippen LogP contribution in [-0.4, -0.2) is 24.0 Å². The molecule has 6 heteroatoms. The molecule has 0 aliphatic heterocycles. The number of ether oxygens (including phenoxy) is 1. The van der Waals surface area contributed by atoms with E-state index in [9.17, 15) is 9.59 Å². The Kier molecular flexibility index (Phi) is 6.36. The van der Waals surface area contributed by atoms with Gasteiger partial charge in [-0.1, -0.05) is 18.2 Å². The van der Waals surface area contributed by atoms with Crippen molar-refractivity contribution in [2.45, 2.75) is 39.3 Å². The van der Waals surface area contributed by atoms with Gasteiger partial charge < -0.3 is 20.2 Å². The summed E-state index contributed by atoms with van der Waals surface area (Å²) in [6, 6.07) is 12.0. The van der Waals surface area contributed by atoms with Crippen molar-refractivity contribution in [2.24, 2.45) is 11.7 Å². The number of nitrogens with two attached hydrogens (primary N) is 1. The van der Waals surface area contributed by atoms with Crippen LogP contribution >= 0.6 is 0 Å². The molecule has 0 aliphatic carbocycles. The predicted molar refractivity (Wildman–Crippen MR) is 95.2 cm³/mol. The van der Waals surface area contributed by atoms with Crippen molar-refractivity contribution >= 4 is 17.6 Å². The molecule has 3 N–H and O–H groups in total. The van der Waals surface area contributed by atoms with Gasteiger partial charge >= 0.3 is 5.97 Å². The van der Waals surface area contributed by atoms with Gasteiger partial charge in [0.25, 0.3) is 5.91 Å². The average molecular weight is 344 g/mol. The number of hydrogen-bond acceptors (Lipinski definition) is 5. The summed E-state index contributed by atoms with van der Waals surface area (Å²) in [6.45, 7) is 5.32. The van der Waals surface area contributed by atoms with E-state index in [0.29, 0.717) is 11.4 Å². The van der Waals surface area contributed by atoms with E-state index in [-0.39, 0.29) is 30.2 Å². The maximum atomic E-state index is 12.2. The standard InChI is InChI=1S/C19H24N2O4/c1-12(2)24-19(23)16(13(3)20)11-15-9-10-17(25-15)18(22)21-14-7-5-4-6-8-14/h4-10,12-13,16H,11,20H2,1-3H3,(H,21,22). The molecule has 6 nitrogen and oxygen atoms in total. The number of amides is 1. The van der Waals surface area contributed by atoms with Crippen LogP contribution in [0.1, 0.15) is 37.1 Å². The molecule has 2 atom stereocenters. The summed E-state index contributed by atoms with van der Waals surface area (Å²) in [5, 5.41) is 2.75. The highest BCUT2D eigenvalue weighted by atomic mass is 16.5. The lowest BCUT2D eigenvalue weighted by atomic mass is 9.97. The maximum Gasteiger partial charge on any atom is 0.311 e. The summed E-state index contributed by atoms with van der Waals surface area (Å²) in [7, 11) is 0. The third-order valence-electron chi connectivity index (χ3n) is 3.63. The fourth-order valence-electron chi connectivity index (χ4n) is 2.34. The molecule has 134 valence electrons. The Labute approximate surface area is 147 Å². The van der Waals surface area contributed by atoms with E-state index < -0.39 is 12.0 Å². The molecule has 0 spiro atoms. The van der Waals surface area contributed by atoms with Crippen LogP contribution in [0.2, 0.25) is 0 Å². The summed E-state index contributed by atoms with van der Waals surface area (Å²) >= 11 is 0. The van der Waals surface area contributed by atoms with Gasteiger partial charge in [0.05, 0.1) is 12.0 Å². The molecule has 0 aliphatic rings. The molecule has 1 heterocycles. The Morgan fingerprint density at radius 1 is 1.12 bits per heavy atom. The third-order valence-corrected chi connectivity index (χ3v) is 3.63. The Morgan fingerprint density at radius 3 is 2.40 bits per heavy atom. The molecule has 2 rings (SSSR count). The van der Waals surface area contributed by atoms with E-state index >= 15 is 0 Å². The molecule has 0 saturated heterocycles. The van der Waals surface area contributed by atoms with Gasteiger partial charge in [-0.25, -0.2) is 0 Å². The smallest absolute Gasteiger partial charge is 0.311 e. The molecule has 0 radical (unpaired) electrons. The van der Waals surface area contributed by atoms with E-state index in [4.69, 9.17) is 14.9 Å². The first-order chi connectivity index (χ1) is 11.9. The number of furan rings is 1. The molecule has 25 heavy (non-hydrogen) atoms. The largest absolute Gasteiger partial charge is 0.463 e. The summed E-state index contributed by atoms with van der Waals surface area (Å²) in [5.74, 6) is -0.546. The van der Waals surface area contributed by atoms with Crippen molar-refractivity contribution in [3.63, 3.8) is 0 Å². The van der Waals surface area contributed by atoms with Gasteiger partial charge in [0.2, 0.25) is 0 Å². The van der Waals surface area contributed by atoms with Crippen LogP contribution in [0.15, 0.2) is 46.9 Å². The molecular weight excluding hydrogens is 320 g/mol. The van der Waals surface area contributed by atoms with Crippen molar-refractivity contribution in [2.75, 3.05) is 5.32 Å². The van der Waals surface area contributed by atoms with Crippen molar-refractivity contribution in [3.05, 3.63) is 54.0 Å². The zero-order chi connectivity index (χ0) is 18.4. The minimum Gasteiger partial charge on any atom is -0.463 e. The van der Waals surface area contributed by atoms with Gasteiger partial charge in [-0.2, -0.15) is 0 Å². The SMILES string of the molecule is CC(C)OC(=O)C(Cc1ccc(C(=O)Nc2ccccc2)o1)C(C)N. The van der Waals surface area contributed by atoms with Crippen LogP contribution in [0.3, 0.4) is 0 Å². The van der Waals surface area contributed by atoms with Crippen molar-refractivity contribution < 1.29 is 18.7 Å². The number of rotatable bonds is 7. The van der Waals surface area contributed by atoms with Gasteiger partial charge in [-0.05, 0) is 45.0 Å². The summed E-state index contributed by atoms with van der Waals surface area (Å²) in [4.78, 5) is 24.4. The van der Waals surface area contributed by atoms with E-state index in [2.05, 4.69) is 5.32 Å². The fourth-order valence-corrected chi connectivity index (χ4v) is 2.34. The molecule has 2 aromatic rings. The van der Waals surface area contributed by atoms with Gasteiger partial charge in [0, 0.05) is 18.2 Å². The van der Waals surface area contributed by atoms with Gasteiger partial charge in [0.15, 0.2) is 5.76 Å². The normalized spacial score (nSPS) is 13.3. The highest BCUT2D eigenvalue weighted by Crippen LogP contribution is 2.18. The van der Waals surface area contributed by atoms with Crippen LogP contribution in [0.25, 0.3) is 0 Å². The molecule has 1 amide bonds. The minimum atomic E-state index is -0.529. The molecule has 2 unspecified atom stereocenters. The van der Waals surface area contributed by atoms with Gasteiger partial charge in [-0.3, -0.25) is 9.59 Å². The maximum absolute atomic E-state index is 12.2. The number of para-hydroxylation sites is 1. The van der Waals surface area contributed by atoms with Crippen molar-refractivity contribution in [1.29, 1.82) is 0 Å². The quantitative estimate of drug-likeness (QED) is 0.753. The number of esters is 1. The molecule has 1 aromatic heterocycles. The summed E-state index contributed by atoms with van der Waals surface area (Å²) < 4.78 is 10.8. The monoisotopic (exact) mass is 344 g/mol. The van der Waals surface area contributed by atoms with E-state index in [1.807, 2.05) is 18.2 Å². The zero-order valence-corrected chi connectivity index (χ0v) is 14.7. The minimum absolute atomic E-state index is 0.180. The Balaban J connectivity index is 2.04. The number of nitrogens with one attached hydrogen (secondary N) is 1. The van der Waals surface area contributed by atoms with Crippen molar-refractivity contribution in [1.82, 2.24) is 0 Å². The number of anilines is 1. The highest BCUT2D eigenvalue weighted by Gasteiger charge is 2.27. The van der Waals surface area contributed by atoms with Crippen LogP contribution < -0.4 is 11.1 Å². The molecule has 1 aromatic carbocycles. The van der Waals surface area contributed by atoms with Crippen LogP contribution in [0.4, 0.5) is 5.69 Å². The fraction of sp³-hybridized carbons (Fsp3) is 0.368. The van der Waals surface area contributed by atoms with Crippen LogP contribution in [0, 0.1) is 5.92 Å². The number of carbonyl (C=O) groups is 2. The number of hydrogen-bond donors (Lipinski definition) is 2. The van der Waals surface area contributed by atoms with Gasteiger partial charge in [0.1, 0.15) is 5.76 Å². The first-order valence-corrected chi connectivity index (χ1v) is 8.28. The lowest BCUT2D eigenvalue weighted by Crippen LogP contribution is -2.36. The lowest BCUT2D eigenvalue weighted by Gasteiger charge is -2.19. The van der Waals surface area contributed by atoms with Crippen LogP contribution in [-0.2, 0) is 16.0 Å². The second kappa shape index (κ2) is 8.48. The Bertz CT molecular complexity index is 707. The topological polar surface area (TPSA) is 94.6 Å². The van der Waals surface area contributed by atoms with Crippen LogP contribution in [0.5, 0.6) is 0 Å². The van der Waals surface area contributed by atoms with E-state index in [1.54, 1.807) is 45.0 Å². The zero-order valence-electron chi connectivity index (χ0n) is 14.7. The molecule has 0 saturated carbocycles. The Morgan fingerprint density at radius 2 is 1.80 bits per heavy atom. The molecular formula is C19H24N2O4. The first-order valence-electron chi connectivity index (χ1n) is 8.28. The molecule has 0 fully saturated rings.